The van der Waals surface area contributed by atoms with Gasteiger partial charge in [0.25, 0.3) is 5.91 Å². The molecule has 0 aromatic heterocycles. The molecule has 3 rings (SSSR count). The van der Waals surface area contributed by atoms with Crippen molar-refractivity contribution in [3.05, 3.63) is 29.8 Å². The molecule has 1 aromatic carbocycles. The molecule has 2 heterocycles. The maximum Gasteiger partial charge on any atom is 0.251 e. The molecule has 2 N–H and O–H groups in total. The van der Waals surface area contributed by atoms with E-state index in [9.17, 15) is 13.2 Å². The van der Waals surface area contributed by atoms with E-state index >= 15 is 0 Å². The van der Waals surface area contributed by atoms with Crippen LogP contribution in [0, 0.1) is 0 Å². The van der Waals surface area contributed by atoms with Crippen molar-refractivity contribution in [2.45, 2.75) is 37.7 Å². The summed E-state index contributed by atoms with van der Waals surface area (Å²) in [6.45, 7) is 5.17. The Labute approximate surface area is 164 Å². The molecule has 9 heteroatoms. The van der Waals surface area contributed by atoms with Crippen LogP contribution in [0.4, 0.5) is 5.69 Å². The molecule has 148 valence electrons. The van der Waals surface area contributed by atoms with Gasteiger partial charge in [0.1, 0.15) is 0 Å². The summed E-state index contributed by atoms with van der Waals surface area (Å²) in [4.78, 5) is 16.6. The molecule has 1 saturated heterocycles. The van der Waals surface area contributed by atoms with E-state index in [4.69, 9.17) is 4.74 Å². The van der Waals surface area contributed by atoms with Crippen molar-refractivity contribution in [2.24, 2.45) is 4.99 Å². The first-order valence-electron chi connectivity index (χ1n) is 9.04. The van der Waals surface area contributed by atoms with Gasteiger partial charge in [-0.1, -0.05) is 11.8 Å². The van der Waals surface area contributed by atoms with Crippen LogP contribution in [-0.2, 0) is 14.6 Å². The number of hydrogen-bond donors (Lipinski definition) is 2. The topological polar surface area (TPSA) is 96.9 Å². The number of fused-ring (bicyclic) bond motifs is 1. The van der Waals surface area contributed by atoms with E-state index in [0.717, 1.165) is 17.3 Å². The minimum atomic E-state index is -2.94. The van der Waals surface area contributed by atoms with Gasteiger partial charge in [-0.3, -0.25) is 9.79 Å². The zero-order valence-electron chi connectivity index (χ0n) is 15.5. The smallest absolute Gasteiger partial charge is 0.251 e. The third-order valence-corrected chi connectivity index (χ3v) is 7.42. The normalized spacial score (nSPS) is 23.1. The summed E-state index contributed by atoms with van der Waals surface area (Å²) in [5, 5.41) is 6.83. The van der Waals surface area contributed by atoms with Crippen LogP contribution in [0.25, 0.3) is 0 Å². The Balaban J connectivity index is 1.46. The number of hydrogen-bond acceptors (Lipinski definition) is 7. The Morgan fingerprint density at radius 3 is 2.70 bits per heavy atom. The molecule has 27 heavy (non-hydrogen) atoms. The predicted molar refractivity (Wildman–Crippen MR) is 109 cm³/mol. The molecule has 0 aliphatic carbocycles. The lowest BCUT2D eigenvalue weighted by Crippen LogP contribution is -2.25. The molecular weight excluding hydrogens is 386 g/mol. The van der Waals surface area contributed by atoms with E-state index in [1.165, 1.54) is 11.8 Å². The SMILES string of the molecule is CC(C)OCCCNC(=O)c1ccc(NC2=N[C@H]3CS(=O)(=O)C[C@H]3S2)cc1. The lowest BCUT2D eigenvalue weighted by Gasteiger charge is -2.09. The minimum absolute atomic E-state index is 0.0160. The van der Waals surface area contributed by atoms with Crippen LogP contribution in [0.5, 0.6) is 0 Å². The molecule has 0 spiro atoms. The minimum Gasteiger partial charge on any atom is -0.379 e. The Hall–Kier alpha value is -1.58. The second kappa shape index (κ2) is 8.62. The molecular formula is C18H25N3O4S2. The average molecular weight is 412 g/mol. The summed E-state index contributed by atoms with van der Waals surface area (Å²) < 4.78 is 28.6. The van der Waals surface area contributed by atoms with Crippen molar-refractivity contribution >= 4 is 38.4 Å². The molecule has 1 amide bonds. The van der Waals surface area contributed by atoms with Crippen LogP contribution in [0.3, 0.4) is 0 Å². The highest BCUT2D eigenvalue weighted by Crippen LogP contribution is 2.34. The predicted octanol–water partition coefficient (Wildman–Crippen LogP) is 1.91. The van der Waals surface area contributed by atoms with Crippen LogP contribution < -0.4 is 10.6 Å². The van der Waals surface area contributed by atoms with Crippen molar-refractivity contribution in [3.63, 3.8) is 0 Å². The van der Waals surface area contributed by atoms with Crippen molar-refractivity contribution in [3.8, 4) is 0 Å². The first kappa shape index (κ1) is 20.2. The van der Waals surface area contributed by atoms with E-state index in [1.807, 2.05) is 26.0 Å². The maximum atomic E-state index is 12.1. The summed E-state index contributed by atoms with van der Waals surface area (Å²) in [6.07, 6.45) is 0.978. The van der Waals surface area contributed by atoms with Gasteiger partial charge in [0.2, 0.25) is 0 Å². The number of nitrogens with one attached hydrogen (secondary N) is 2. The number of nitrogens with zero attached hydrogens (tertiary/aromatic N) is 1. The number of rotatable bonds is 7. The van der Waals surface area contributed by atoms with Crippen molar-refractivity contribution < 1.29 is 17.9 Å². The largest absolute Gasteiger partial charge is 0.379 e. The van der Waals surface area contributed by atoms with E-state index < -0.39 is 9.84 Å². The zero-order chi connectivity index (χ0) is 19.4. The summed E-state index contributed by atoms with van der Waals surface area (Å²) in [6, 6.07) is 7.02. The lowest BCUT2D eigenvalue weighted by atomic mass is 10.2. The average Bonchev–Trinajstić information content (AvgIpc) is 3.07. The van der Waals surface area contributed by atoms with Gasteiger partial charge in [0.15, 0.2) is 15.0 Å². The van der Waals surface area contributed by atoms with Crippen LogP contribution in [0.15, 0.2) is 29.3 Å². The third kappa shape index (κ3) is 5.70. The number of benzene rings is 1. The second-order valence-corrected chi connectivity index (χ2v) is 10.3. The van der Waals surface area contributed by atoms with Gasteiger partial charge in [-0.15, -0.1) is 0 Å². The standard InChI is InChI=1S/C18H25N3O4S2/c1-12(2)25-9-3-8-19-17(22)13-4-6-14(7-5-13)20-18-21-15-10-27(23,24)11-16(15)26-18/h4-7,12,15-16H,3,8-11H2,1-2H3,(H,19,22)(H,20,21)/t15-,16+/m0/s1. The molecule has 2 atom stereocenters. The maximum absolute atomic E-state index is 12.1. The van der Waals surface area contributed by atoms with E-state index in [0.29, 0.717) is 18.7 Å². The van der Waals surface area contributed by atoms with Crippen molar-refractivity contribution in [1.29, 1.82) is 0 Å². The fourth-order valence-electron chi connectivity index (χ4n) is 2.94. The number of thioether (sulfide) groups is 1. The molecule has 0 bridgehead atoms. The number of anilines is 1. The first-order valence-corrected chi connectivity index (χ1v) is 11.7. The summed E-state index contributed by atoms with van der Waals surface area (Å²) in [5.41, 5.74) is 1.42. The Kier molecular flexibility index (Phi) is 6.44. The monoisotopic (exact) mass is 411 g/mol. The van der Waals surface area contributed by atoms with Gasteiger partial charge >= 0.3 is 0 Å². The van der Waals surface area contributed by atoms with Gasteiger partial charge in [-0.25, -0.2) is 8.42 Å². The molecule has 1 fully saturated rings. The number of sulfone groups is 1. The molecule has 7 nitrogen and oxygen atoms in total. The van der Waals surface area contributed by atoms with E-state index in [2.05, 4.69) is 15.6 Å². The molecule has 2 aliphatic heterocycles. The first-order chi connectivity index (χ1) is 12.8. The summed E-state index contributed by atoms with van der Waals surface area (Å²) in [7, 11) is -2.94. The lowest BCUT2D eigenvalue weighted by molar-refractivity contribution is 0.0757. The van der Waals surface area contributed by atoms with Crippen LogP contribution in [-0.4, -0.2) is 61.5 Å². The Morgan fingerprint density at radius 1 is 1.30 bits per heavy atom. The molecule has 1 aromatic rings. The number of aliphatic imine (C=N–C) groups is 1. The van der Waals surface area contributed by atoms with E-state index in [-0.39, 0.29) is 34.8 Å². The second-order valence-electron chi connectivity index (χ2n) is 6.97. The number of carbonyl (C=O) groups is 1. The number of amidine groups is 1. The highest BCUT2D eigenvalue weighted by atomic mass is 32.2. The number of ether oxygens (including phenoxy) is 1. The highest BCUT2D eigenvalue weighted by molar-refractivity contribution is 8.15. The van der Waals surface area contributed by atoms with Gasteiger partial charge in [0.05, 0.1) is 23.7 Å². The van der Waals surface area contributed by atoms with Crippen molar-refractivity contribution in [1.82, 2.24) is 5.32 Å². The fraction of sp³-hybridized carbons (Fsp3) is 0.556. The zero-order valence-corrected chi connectivity index (χ0v) is 17.1. The molecule has 0 radical (unpaired) electrons. The summed E-state index contributed by atoms with van der Waals surface area (Å²) >= 11 is 1.48. The van der Waals surface area contributed by atoms with Crippen molar-refractivity contribution in [2.75, 3.05) is 30.0 Å². The van der Waals surface area contributed by atoms with Gasteiger partial charge in [-0.05, 0) is 44.5 Å². The molecule has 2 aliphatic rings. The molecule has 0 unspecified atom stereocenters. The van der Waals surface area contributed by atoms with Crippen LogP contribution in [0.1, 0.15) is 30.6 Å². The Morgan fingerprint density at radius 2 is 2.04 bits per heavy atom. The fourth-order valence-corrected chi connectivity index (χ4v) is 6.62. The van der Waals surface area contributed by atoms with Gasteiger partial charge in [0, 0.05) is 29.7 Å². The molecule has 0 saturated carbocycles. The quantitative estimate of drug-likeness (QED) is 0.666. The van der Waals surface area contributed by atoms with Gasteiger partial charge < -0.3 is 15.4 Å². The summed E-state index contributed by atoms with van der Waals surface area (Å²) in [5.74, 6) is 0.216. The number of amides is 1. The van der Waals surface area contributed by atoms with Crippen LogP contribution in [0.2, 0.25) is 0 Å². The van der Waals surface area contributed by atoms with Crippen LogP contribution >= 0.6 is 11.8 Å². The highest BCUT2D eigenvalue weighted by Gasteiger charge is 2.42. The Bertz CT molecular complexity index is 806. The number of carbonyl (C=O) groups excluding carboxylic acids is 1. The van der Waals surface area contributed by atoms with Gasteiger partial charge in [-0.2, -0.15) is 0 Å². The third-order valence-electron chi connectivity index (χ3n) is 4.27. The van der Waals surface area contributed by atoms with E-state index in [1.54, 1.807) is 12.1 Å².